The maximum absolute atomic E-state index is 11.7. The third-order valence-corrected chi connectivity index (χ3v) is 3.25. The molecule has 1 N–H and O–H groups in total. The Morgan fingerprint density at radius 2 is 1.88 bits per heavy atom. The molecular weight excluding hydrogens is 234 g/mol. The van der Waals surface area contributed by atoms with Crippen LogP contribution < -0.4 is 5.32 Å². The largest absolute Gasteiger partial charge is 0.348 e. The van der Waals surface area contributed by atoms with Gasteiger partial charge in [-0.1, -0.05) is 44.2 Å². The normalized spacial score (nSPS) is 14.4. The highest BCUT2D eigenvalue weighted by atomic mass is 32.2. The second-order valence-electron chi connectivity index (χ2n) is 4.37. The van der Waals surface area contributed by atoms with E-state index in [1.54, 1.807) is 6.26 Å². The third-order valence-electron chi connectivity index (χ3n) is 2.44. The minimum atomic E-state index is -0.941. The van der Waals surface area contributed by atoms with Gasteiger partial charge in [0.05, 0.1) is 6.04 Å². The molecule has 1 aromatic carbocycles. The Bertz CT molecular complexity index is 390. The summed E-state index contributed by atoms with van der Waals surface area (Å²) in [5, 5.41) is 2.93. The van der Waals surface area contributed by atoms with Gasteiger partial charge in [0, 0.05) is 28.7 Å². The van der Waals surface area contributed by atoms with E-state index in [-0.39, 0.29) is 17.9 Å². The van der Waals surface area contributed by atoms with Gasteiger partial charge < -0.3 is 5.32 Å². The van der Waals surface area contributed by atoms with E-state index in [0.29, 0.717) is 5.75 Å². The summed E-state index contributed by atoms with van der Waals surface area (Å²) in [6, 6.07) is 9.48. The number of benzene rings is 1. The zero-order valence-electron chi connectivity index (χ0n) is 10.5. The molecule has 0 aliphatic heterocycles. The van der Waals surface area contributed by atoms with Crippen molar-refractivity contribution in [2.24, 2.45) is 5.92 Å². The molecule has 0 spiro atoms. The fraction of sp³-hybridized carbons (Fsp3) is 0.462. The van der Waals surface area contributed by atoms with Crippen molar-refractivity contribution < 1.29 is 9.00 Å². The summed E-state index contributed by atoms with van der Waals surface area (Å²) in [7, 11) is -0.941. The summed E-state index contributed by atoms with van der Waals surface area (Å²) in [5.41, 5.74) is 0.997. The van der Waals surface area contributed by atoms with Crippen LogP contribution in [0.1, 0.15) is 25.5 Å². The van der Waals surface area contributed by atoms with Gasteiger partial charge in [0.25, 0.3) is 0 Å². The Balaban J connectivity index is 2.81. The van der Waals surface area contributed by atoms with Crippen LogP contribution in [-0.4, -0.2) is 22.1 Å². The van der Waals surface area contributed by atoms with Gasteiger partial charge in [-0.25, -0.2) is 0 Å². The van der Waals surface area contributed by atoms with Crippen LogP contribution in [-0.2, 0) is 15.6 Å². The predicted molar refractivity (Wildman–Crippen MR) is 71.1 cm³/mol. The van der Waals surface area contributed by atoms with Crippen molar-refractivity contribution >= 4 is 16.7 Å². The first kappa shape index (κ1) is 13.9. The standard InChI is InChI=1S/C13H19NO2S/c1-10(2)13(15)14-12(9-17(3)16)11-7-5-4-6-8-11/h4-8,10,12H,9H2,1-3H3,(H,14,15). The number of hydrogen-bond donors (Lipinski definition) is 1. The van der Waals surface area contributed by atoms with Gasteiger partial charge in [-0.15, -0.1) is 0 Å². The lowest BCUT2D eigenvalue weighted by Crippen LogP contribution is -2.34. The molecule has 0 bridgehead atoms. The van der Waals surface area contributed by atoms with Crippen molar-refractivity contribution in [3.05, 3.63) is 35.9 Å². The van der Waals surface area contributed by atoms with E-state index in [2.05, 4.69) is 5.32 Å². The van der Waals surface area contributed by atoms with Gasteiger partial charge in [-0.2, -0.15) is 0 Å². The molecule has 0 radical (unpaired) electrons. The Morgan fingerprint density at radius 1 is 1.29 bits per heavy atom. The van der Waals surface area contributed by atoms with Crippen molar-refractivity contribution in [2.75, 3.05) is 12.0 Å². The molecule has 94 valence electrons. The van der Waals surface area contributed by atoms with Crippen LogP contribution in [0.4, 0.5) is 0 Å². The molecule has 0 heterocycles. The first-order valence-corrected chi connectivity index (χ1v) is 7.38. The molecule has 0 aromatic heterocycles. The topological polar surface area (TPSA) is 46.2 Å². The highest BCUT2D eigenvalue weighted by Gasteiger charge is 2.17. The van der Waals surface area contributed by atoms with Crippen molar-refractivity contribution in [1.29, 1.82) is 0 Å². The molecule has 1 rings (SSSR count). The molecule has 0 fully saturated rings. The molecule has 17 heavy (non-hydrogen) atoms. The average molecular weight is 253 g/mol. The molecular formula is C13H19NO2S. The van der Waals surface area contributed by atoms with Gasteiger partial charge in [-0.05, 0) is 5.56 Å². The van der Waals surface area contributed by atoms with E-state index < -0.39 is 10.8 Å². The number of carbonyl (C=O) groups is 1. The van der Waals surface area contributed by atoms with E-state index in [1.165, 1.54) is 0 Å². The average Bonchev–Trinajstić information content (AvgIpc) is 2.28. The van der Waals surface area contributed by atoms with E-state index in [0.717, 1.165) is 5.56 Å². The second-order valence-corrected chi connectivity index (χ2v) is 5.85. The quantitative estimate of drug-likeness (QED) is 0.871. The smallest absolute Gasteiger partial charge is 0.223 e. The van der Waals surface area contributed by atoms with Gasteiger partial charge in [0.2, 0.25) is 5.91 Å². The third kappa shape index (κ3) is 4.69. The van der Waals surface area contributed by atoms with Gasteiger partial charge in [0.1, 0.15) is 0 Å². The Morgan fingerprint density at radius 3 is 2.35 bits per heavy atom. The van der Waals surface area contributed by atoms with Crippen LogP contribution in [0.25, 0.3) is 0 Å². The van der Waals surface area contributed by atoms with Crippen LogP contribution >= 0.6 is 0 Å². The molecule has 0 saturated heterocycles. The van der Waals surface area contributed by atoms with Gasteiger partial charge >= 0.3 is 0 Å². The molecule has 1 aromatic rings. The second kappa shape index (κ2) is 6.55. The maximum Gasteiger partial charge on any atom is 0.223 e. The summed E-state index contributed by atoms with van der Waals surface area (Å²) in [6.07, 6.45) is 1.65. The van der Waals surface area contributed by atoms with Gasteiger partial charge in [-0.3, -0.25) is 9.00 Å². The molecule has 2 unspecified atom stereocenters. The fourth-order valence-electron chi connectivity index (χ4n) is 1.48. The summed E-state index contributed by atoms with van der Waals surface area (Å²) >= 11 is 0. The highest BCUT2D eigenvalue weighted by Crippen LogP contribution is 2.14. The van der Waals surface area contributed by atoms with Gasteiger partial charge in [0.15, 0.2) is 0 Å². The van der Waals surface area contributed by atoms with Crippen molar-refractivity contribution in [2.45, 2.75) is 19.9 Å². The van der Waals surface area contributed by atoms with Crippen molar-refractivity contribution in [3.8, 4) is 0 Å². The van der Waals surface area contributed by atoms with E-state index in [9.17, 15) is 9.00 Å². The summed E-state index contributed by atoms with van der Waals surface area (Å²) in [4.78, 5) is 11.7. The molecule has 3 nitrogen and oxygen atoms in total. The summed E-state index contributed by atoms with van der Waals surface area (Å²) in [5.74, 6) is 0.374. The summed E-state index contributed by atoms with van der Waals surface area (Å²) in [6.45, 7) is 3.70. The Labute approximate surface area is 105 Å². The lowest BCUT2D eigenvalue weighted by Gasteiger charge is -2.19. The lowest BCUT2D eigenvalue weighted by atomic mass is 10.1. The van der Waals surface area contributed by atoms with Crippen LogP contribution in [0.15, 0.2) is 30.3 Å². The molecule has 4 heteroatoms. The lowest BCUT2D eigenvalue weighted by molar-refractivity contribution is -0.124. The minimum Gasteiger partial charge on any atom is -0.348 e. The first-order chi connectivity index (χ1) is 8.00. The molecule has 0 saturated carbocycles. The number of rotatable bonds is 5. The molecule has 2 atom stereocenters. The summed E-state index contributed by atoms with van der Waals surface area (Å²) < 4.78 is 11.3. The van der Waals surface area contributed by atoms with E-state index >= 15 is 0 Å². The van der Waals surface area contributed by atoms with E-state index in [4.69, 9.17) is 0 Å². The first-order valence-electron chi connectivity index (χ1n) is 5.66. The van der Waals surface area contributed by atoms with Crippen LogP contribution in [0.2, 0.25) is 0 Å². The number of carbonyl (C=O) groups excluding carboxylic acids is 1. The SMILES string of the molecule is CC(C)C(=O)NC(CS(C)=O)c1ccccc1. The van der Waals surface area contributed by atoms with Crippen LogP contribution in [0.5, 0.6) is 0 Å². The minimum absolute atomic E-state index is 0.00990. The van der Waals surface area contributed by atoms with Crippen molar-refractivity contribution in [1.82, 2.24) is 5.32 Å². The number of hydrogen-bond acceptors (Lipinski definition) is 2. The molecule has 0 aliphatic carbocycles. The Kier molecular flexibility index (Phi) is 5.35. The predicted octanol–water partition coefficient (Wildman–Crippen LogP) is 1.88. The highest BCUT2D eigenvalue weighted by molar-refractivity contribution is 7.84. The van der Waals surface area contributed by atoms with Crippen molar-refractivity contribution in [3.63, 3.8) is 0 Å². The zero-order chi connectivity index (χ0) is 12.8. The number of nitrogens with one attached hydrogen (secondary N) is 1. The number of amides is 1. The van der Waals surface area contributed by atoms with E-state index in [1.807, 2.05) is 44.2 Å². The van der Waals surface area contributed by atoms with Crippen LogP contribution in [0, 0.1) is 5.92 Å². The Hall–Kier alpha value is -1.16. The molecule has 1 amide bonds. The monoisotopic (exact) mass is 253 g/mol. The molecule has 0 aliphatic rings. The maximum atomic E-state index is 11.7. The fourth-order valence-corrected chi connectivity index (χ4v) is 2.22. The van der Waals surface area contributed by atoms with Crippen LogP contribution in [0.3, 0.4) is 0 Å². The zero-order valence-corrected chi connectivity index (χ0v) is 11.3.